The Hall–Kier alpha value is -0.770. The number of nitrogens with one attached hydrogen (secondary N) is 1. The fraction of sp³-hybridized carbons (Fsp3) is 0.125. The van der Waals surface area contributed by atoms with Crippen LogP contribution in [0.3, 0.4) is 0 Å². The lowest BCUT2D eigenvalue weighted by molar-refractivity contribution is 0.245. The molecule has 1 unspecified atom stereocenters. The molecule has 0 aliphatic heterocycles. The molecule has 70 valence electrons. The molecular formula is C8H8Cl2N2O. The molecule has 0 saturated heterocycles. The van der Waals surface area contributed by atoms with Crippen molar-refractivity contribution in [1.82, 2.24) is 0 Å². The largest absolute Gasteiger partial charge is 0.385 e. The van der Waals surface area contributed by atoms with E-state index in [9.17, 15) is 5.11 Å². The van der Waals surface area contributed by atoms with E-state index >= 15 is 0 Å². The van der Waals surface area contributed by atoms with Crippen molar-refractivity contribution in [2.75, 3.05) is 0 Å². The lowest BCUT2D eigenvalue weighted by atomic mass is 10.1. The predicted molar refractivity (Wildman–Crippen MR) is 53.3 cm³/mol. The Morgan fingerprint density at radius 1 is 1.38 bits per heavy atom. The van der Waals surface area contributed by atoms with Gasteiger partial charge in [-0.05, 0) is 12.1 Å². The lowest BCUT2D eigenvalue weighted by Crippen LogP contribution is -2.20. The van der Waals surface area contributed by atoms with Gasteiger partial charge in [0.05, 0.1) is 0 Å². The summed E-state index contributed by atoms with van der Waals surface area (Å²) < 4.78 is 0. The van der Waals surface area contributed by atoms with Crippen molar-refractivity contribution in [3.63, 3.8) is 0 Å². The fourth-order valence-electron chi connectivity index (χ4n) is 0.927. The smallest absolute Gasteiger partial charge is 0.138 e. The first kappa shape index (κ1) is 10.3. The Labute approximate surface area is 85.6 Å². The number of nitrogens with two attached hydrogens (primary N) is 1. The molecular weight excluding hydrogens is 211 g/mol. The Bertz CT molecular complexity index is 321. The average molecular weight is 219 g/mol. The minimum Gasteiger partial charge on any atom is -0.385 e. The molecule has 0 bridgehead atoms. The summed E-state index contributed by atoms with van der Waals surface area (Å²) in [6, 6.07) is 4.81. The highest BCUT2D eigenvalue weighted by atomic mass is 35.5. The third-order valence-electron chi connectivity index (χ3n) is 1.57. The summed E-state index contributed by atoms with van der Waals surface area (Å²) >= 11 is 11.5. The van der Waals surface area contributed by atoms with E-state index in [2.05, 4.69) is 0 Å². The topological polar surface area (TPSA) is 70.1 Å². The molecule has 0 fully saturated rings. The first-order valence-corrected chi connectivity index (χ1v) is 4.25. The highest BCUT2D eigenvalue weighted by Gasteiger charge is 2.17. The molecule has 3 nitrogen and oxygen atoms in total. The summed E-state index contributed by atoms with van der Waals surface area (Å²) in [4.78, 5) is 0. The minimum atomic E-state index is -1.24. The standard InChI is InChI=1S/C8H8Cl2N2O/c9-4-2-1-3-5(10)6(4)7(13)8(11)12/h1-3,7,13H,(H3,11,12). The molecule has 13 heavy (non-hydrogen) atoms. The van der Waals surface area contributed by atoms with Crippen LogP contribution in [-0.2, 0) is 0 Å². The van der Waals surface area contributed by atoms with Crippen LogP contribution in [0.2, 0.25) is 10.0 Å². The van der Waals surface area contributed by atoms with Crippen LogP contribution < -0.4 is 5.73 Å². The second-order valence-electron chi connectivity index (χ2n) is 2.49. The van der Waals surface area contributed by atoms with Gasteiger partial charge in [0, 0.05) is 15.6 Å². The molecule has 0 radical (unpaired) electrons. The van der Waals surface area contributed by atoms with E-state index in [1.807, 2.05) is 0 Å². The van der Waals surface area contributed by atoms with Crippen LogP contribution in [0.4, 0.5) is 0 Å². The quantitative estimate of drug-likeness (QED) is 0.525. The van der Waals surface area contributed by atoms with Crippen LogP contribution in [0.5, 0.6) is 0 Å². The van der Waals surface area contributed by atoms with E-state index in [4.69, 9.17) is 34.3 Å². The molecule has 0 spiro atoms. The zero-order valence-corrected chi connectivity index (χ0v) is 8.10. The van der Waals surface area contributed by atoms with E-state index < -0.39 is 6.10 Å². The summed E-state index contributed by atoms with van der Waals surface area (Å²) in [6.07, 6.45) is -1.24. The predicted octanol–water partition coefficient (Wildman–Crippen LogP) is 1.96. The number of rotatable bonds is 2. The highest BCUT2D eigenvalue weighted by Crippen LogP contribution is 2.29. The maximum Gasteiger partial charge on any atom is 0.138 e. The van der Waals surface area contributed by atoms with Gasteiger partial charge in [-0.1, -0.05) is 29.3 Å². The lowest BCUT2D eigenvalue weighted by Gasteiger charge is -2.12. The molecule has 1 aromatic carbocycles. The second kappa shape index (κ2) is 3.96. The van der Waals surface area contributed by atoms with Crippen LogP contribution in [-0.4, -0.2) is 10.9 Å². The third kappa shape index (κ3) is 2.12. The molecule has 5 heteroatoms. The molecule has 1 rings (SSSR count). The Balaban J connectivity index is 3.20. The summed E-state index contributed by atoms with van der Waals surface area (Å²) in [5.74, 6) is -0.380. The Kier molecular flexibility index (Phi) is 3.14. The fourth-order valence-corrected chi connectivity index (χ4v) is 1.53. The zero-order chi connectivity index (χ0) is 10.0. The van der Waals surface area contributed by atoms with Crippen LogP contribution in [0.25, 0.3) is 0 Å². The van der Waals surface area contributed by atoms with Crippen molar-refractivity contribution in [2.24, 2.45) is 5.73 Å². The second-order valence-corrected chi connectivity index (χ2v) is 3.31. The Morgan fingerprint density at radius 2 is 1.85 bits per heavy atom. The average Bonchev–Trinajstić information content (AvgIpc) is 2.03. The van der Waals surface area contributed by atoms with Crippen LogP contribution in [0.15, 0.2) is 18.2 Å². The summed E-state index contributed by atoms with van der Waals surface area (Å²) in [7, 11) is 0. The maximum absolute atomic E-state index is 9.44. The van der Waals surface area contributed by atoms with Gasteiger partial charge < -0.3 is 10.8 Å². The van der Waals surface area contributed by atoms with Gasteiger partial charge in [-0.2, -0.15) is 0 Å². The van der Waals surface area contributed by atoms with E-state index in [-0.39, 0.29) is 11.4 Å². The van der Waals surface area contributed by atoms with Gasteiger partial charge in [-0.25, -0.2) is 0 Å². The normalized spacial score (nSPS) is 12.5. The number of benzene rings is 1. The molecule has 0 aliphatic rings. The van der Waals surface area contributed by atoms with Crippen molar-refractivity contribution < 1.29 is 5.11 Å². The van der Waals surface area contributed by atoms with Crippen molar-refractivity contribution in [3.05, 3.63) is 33.8 Å². The number of aliphatic hydroxyl groups is 1. The Morgan fingerprint density at radius 3 is 2.23 bits per heavy atom. The van der Waals surface area contributed by atoms with Gasteiger partial charge in [0.2, 0.25) is 0 Å². The first-order chi connectivity index (χ1) is 6.04. The monoisotopic (exact) mass is 218 g/mol. The first-order valence-electron chi connectivity index (χ1n) is 3.50. The number of hydrogen-bond acceptors (Lipinski definition) is 2. The molecule has 0 aromatic heterocycles. The van der Waals surface area contributed by atoms with Gasteiger partial charge in [0.15, 0.2) is 0 Å². The van der Waals surface area contributed by atoms with Crippen LogP contribution in [0, 0.1) is 5.41 Å². The molecule has 0 amide bonds. The molecule has 0 aliphatic carbocycles. The van der Waals surface area contributed by atoms with Gasteiger partial charge >= 0.3 is 0 Å². The van der Waals surface area contributed by atoms with E-state index in [0.29, 0.717) is 10.0 Å². The maximum atomic E-state index is 9.44. The summed E-state index contributed by atoms with van der Waals surface area (Å²) in [5.41, 5.74) is 5.40. The number of hydrogen-bond donors (Lipinski definition) is 3. The molecule has 0 saturated carbocycles. The van der Waals surface area contributed by atoms with Gasteiger partial charge in [0.1, 0.15) is 11.9 Å². The van der Waals surface area contributed by atoms with Crippen molar-refractivity contribution in [1.29, 1.82) is 5.41 Å². The van der Waals surface area contributed by atoms with Crippen LogP contribution >= 0.6 is 23.2 Å². The van der Waals surface area contributed by atoms with E-state index in [0.717, 1.165) is 0 Å². The number of amidine groups is 1. The van der Waals surface area contributed by atoms with Gasteiger partial charge in [0.25, 0.3) is 0 Å². The molecule has 0 heterocycles. The minimum absolute atomic E-state index is 0.276. The molecule has 1 atom stereocenters. The van der Waals surface area contributed by atoms with Crippen LogP contribution in [0.1, 0.15) is 11.7 Å². The van der Waals surface area contributed by atoms with Crippen molar-refractivity contribution in [3.8, 4) is 0 Å². The third-order valence-corrected chi connectivity index (χ3v) is 2.23. The summed E-state index contributed by atoms with van der Waals surface area (Å²) in [5, 5.41) is 17.1. The van der Waals surface area contributed by atoms with Crippen molar-refractivity contribution >= 4 is 29.0 Å². The number of aliphatic hydroxyl groups excluding tert-OH is 1. The SMILES string of the molecule is N=C(N)C(O)c1c(Cl)cccc1Cl. The molecule has 4 N–H and O–H groups in total. The number of halogens is 2. The van der Waals surface area contributed by atoms with E-state index in [1.54, 1.807) is 18.2 Å². The zero-order valence-electron chi connectivity index (χ0n) is 6.59. The van der Waals surface area contributed by atoms with Crippen molar-refractivity contribution in [2.45, 2.75) is 6.10 Å². The van der Waals surface area contributed by atoms with Gasteiger partial charge in [-0.3, -0.25) is 5.41 Å². The summed E-state index contributed by atoms with van der Waals surface area (Å²) in [6.45, 7) is 0. The highest BCUT2D eigenvalue weighted by molar-refractivity contribution is 6.36. The van der Waals surface area contributed by atoms with Gasteiger partial charge in [-0.15, -0.1) is 0 Å². The molecule has 1 aromatic rings. The van der Waals surface area contributed by atoms with E-state index in [1.165, 1.54) is 0 Å².